The summed E-state index contributed by atoms with van der Waals surface area (Å²) >= 11 is 6.12. The van der Waals surface area contributed by atoms with Crippen LogP contribution in [0.5, 0.6) is 0 Å². The smallest absolute Gasteiger partial charge is 0.337 e. The van der Waals surface area contributed by atoms with E-state index < -0.39 is 0 Å². The van der Waals surface area contributed by atoms with Crippen LogP contribution in [0.4, 0.5) is 0 Å². The molecule has 0 spiro atoms. The number of halogens is 1. The summed E-state index contributed by atoms with van der Waals surface area (Å²) in [7, 11) is 1.35. The zero-order valence-corrected chi connectivity index (χ0v) is 11.0. The van der Waals surface area contributed by atoms with Gasteiger partial charge >= 0.3 is 5.97 Å². The summed E-state index contributed by atoms with van der Waals surface area (Å²) in [6.45, 7) is 2.14. The zero-order chi connectivity index (χ0) is 13.1. The van der Waals surface area contributed by atoms with Gasteiger partial charge in [0.05, 0.1) is 18.8 Å². The number of rotatable bonds is 3. The molecule has 0 saturated carbocycles. The molecule has 1 fully saturated rings. The lowest BCUT2D eigenvalue weighted by atomic mass is 10.1. The molecule has 1 aliphatic rings. The topological polar surface area (TPSA) is 49.8 Å². The minimum absolute atomic E-state index is 0.257. The van der Waals surface area contributed by atoms with Gasteiger partial charge in [0.15, 0.2) is 0 Å². The Morgan fingerprint density at radius 2 is 2.39 bits per heavy atom. The molecular formula is C13H16ClNO3. The second-order valence-corrected chi connectivity index (χ2v) is 4.88. The van der Waals surface area contributed by atoms with Crippen LogP contribution in [0.25, 0.3) is 0 Å². The number of carbonyl (C=O) groups excluding carboxylic acids is 1. The Balaban J connectivity index is 2.13. The number of β-amino-alcohol motifs (C(OH)–C–C–N with tert-alkyl or cyclic N) is 1. The molecule has 4 nitrogen and oxygen atoms in total. The zero-order valence-electron chi connectivity index (χ0n) is 10.2. The van der Waals surface area contributed by atoms with E-state index in [4.69, 9.17) is 11.6 Å². The Morgan fingerprint density at radius 1 is 1.61 bits per heavy atom. The molecule has 5 heteroatoms. The van der Waals surface area contributed by atoms with Crippen molar-refractivity contribution in [1.29, 1.82) is 0 Å². The minimum Gasteiger partial charge on any atom is -0.465 e. The van der Waals surface area contributed by atoms with Crippen molar-refractivity contribution >= 4 is 17.6 Å². The van der Waals surface area contributed by atoms with E-state index in [0.29, 0.717) is 23.7 Å². The van der Waals surface area contributed by atoms with Gasteiger partial charge in [0.2, 0.25) is 0 Å². The van der Waals surface area contributed by atoms with Crippen molar-refractivity contribution in [1.82, 2.24) is 4.90 Å². The molecule has 0 aromatic heterocycles. The lowest BCUT2D eigenvalue weighted by Crippen LogP contribution is -2.21. The molecule has 1 heterocycles. The van der Waals surface area contributed by atoms with Crippen LogP contribution >= 0.6 is 11.6 Å². The van der Waals surface area contributed by atoms with Gasteiger partial charge in [-0.1, -0.05) is 11.6 Å². The highest BCUT2D eigenvalue weighted by Gasteiger charge is 2.21. The third kappa shape index (κ3) is 3.02. The third-order valence-corrected chi connectivity index (χ3v) is 3.48. The molecule has 2 rings (SSSR count). The Bertz CT molecular complexity index is 450. The van der Waals surface area contributed by atoms with Crippen molar-refractivity contribution in [3.63, 3.8) is 0 Å². The van der Waals surface area contributed by atoms with Crippen LogP contribution in [0.2, 0.25) is 5.02 Å². The normalized spacial score (nSPS) is 20.1. The number of likely N-dealkylation sites (tertiary alicyclic amines) is 1. The molecule has 0 unspecified atom stereocenters. The fraction of sp³-hybridized carbons (Fsp3) is 0.462. The van der Waals surface area contributed by atoms with Crippen LogP contribution in [-0.2, 0) is 11.3 Å². The van der Waals surface area contributed by atoms with E-state index in [2.05, 4.69) is 9.64 Å². The first-order valence-electron chi connectivity index (χ1n) is 5.87. The van der Waals surface area contributed by atoms with Gasteiger partial charge in [-0.15, -0.1) is 0 Å². The lowest BCUT2D eigenvalue weighted by molar-refractivity contribution is 0.0600. The summed E-state index contributed by atoms with van der Waals surface area (Å²) in [5.74, 6) is -0.366. The predicted molar refractivity (Wildman–Crippen MR) is 68.7 cm³/mol. The molecule has 0 amide bonds. The highest BCUT2D eigenvalue weighted by atomic mass is 35.5. The molecule has 1 aromatic carbocycles. The highest BCUT2D eigenvalue weighted by Crippen LogP contribution is 2.22. The summed E-state index contributed by atoms with van der Waals surface area (Å²) in [4.78, 5) is 13.6. The number of hydrogen-bond acceptors (Lipinski definition) is 4. The molecule has 1 saturated heterocycles. The van der Waals surface area contributed by atoms with Gasteiger partial charge in [0, 0.05) is 24.7 Å². The van der Waals surface area contributed by atoms with Gasteiger partial charge < -0.3 is 9.84 Å². The summed E-state index contributed by atoms with van der Waals surface area (Å²) in [5, 5.41) is 10.1. The standard InChI is InChI=1S/C13H16ClNO3/c1-18-13(17)9-2-3-12(14)10(6-9)7-15-5-4-11(16)8-15/h2-3,6,11,16H,4-5,7-8H2,1H3/t11-/m0/s1. The molecule has 18 heavy (non-hydrogen) atoms. The maximum absolute atomic E-state index is 11.4. The van der Waals surface area contributed by atoms with Crippen LogP contribution in [0.3, 0.4) is 0 Å². The van der Waals surface area contributed by atoms with E-state index in [1.807, 2.05) is 0 Å². The highest BCUT2D eigenvalue weighted by molar-refractivity contribution is 6.31. The van der Waals surface area contributed by atoms with Crippen molar-refractivity contribution in [2.75, 3.05) is 20.2 Å². The van der Waals surface area contributed by atoms with Gasteiger partial charge in [-0.2, -0.15) is 0 Å². The maximum Gasteiger partial charge on any atom is 0.337 e. The third-order valence-electron chi connectivity index (χ3n) is 3.11. The number of aliphatic hydroxyl groups excluding tert-OH is 1. The van der Waals surface area contributed by atoms with Gasteiger partial charge in [0.25, 0.3) is 0 Å². The fourth-order valence-electron chi connectivity index (χ4n) is 2.14. The van der Waals surface area contributed by atoms with E-state index in [9.17, 15) is 9.90 Å². The summed E-state index contributed by atoms with van der Waals surface area (Å²) in [5.41, 5.74) is 1.38. The Kier molecular flexibility index (Phi) is 4.22. The SMILES string of the molecule is COC(=O)c1ccc(Cl)c(CN2CC[C@H](O)C2)c1. The largest absolute Gasteiger partial charge is 0.465 e. The van der Waals surface area contributed by atoms with Crippen molar-refractivity contribution in [3.05, 3.63) is 34.3 Å². The van der Waals surface area contributed by atoms with E-state index in [0.717, 1.165) is 18.5 Å². The molecule has 0 aliphatic carbocycles. The first-order valence-corrected chi connectivity index (χ1v) is 6.25. The second-order valence-electron chi connectivity index (χ2n) is 4.48. The number of nitrogens with zero attached hydrogens (tertiary/aromatic N) is 1. The molecule has 0 radical (unpaired) electrons. The second kappa shape index (κ2) is 5.69. The Hall–Kier alpha value is -1.10. The van der Waals surface area contributed by atoms with E-state index >= 15 is 0 Å². The van der Waals surface area contributed by atoms with Gasteiger partial charge in [-0.05, 0) is 30.2 Å². The van der Waals surface area contributed by atoms with Crippen molar-refractivity contribution in [3.8, 4) is 0 Å². The number of carbonyl (C=O) groups is 1. The van der Waals surface area contributed by atoms with Crippen LogP contribution in [0.1, 0.15) is 22.3 Å². The fourth-order valence-corrected chi connectivity index (χ4v) is 2.31. The first kappa shape index (κ1) is 13.3. The number of aliphatic hydroxyl groups is 1. The first-order chi connectivity index (χ1) is 8.60. The van der Waals surface area contributed by atoms with Crippen molar-refractivity contribution in [2.45, 2.75) is 19.1 Å². The van der Waals surface area contributed by atoms with Crippen LogP contribution in [0, 0.1) is 0 Å². The van der Waals surface area contributed by atoms with E-state index in [1.165, 1.54) is 7.11 Å². The lowest BCUT2D eigenvalue weighted by Gasteiger charge is -2.16. The van der Waals surface area contributed by atoms with E-state index in [1.54, 1.807) is 18.2 Å². The van der Waals surface area contributed by atoms with Crippen LogP contribution in [0.15, 0.2) is 18.2 Å². The minimum atomic E-state index is -0.366. The molecule has 1 atom stereocenters. The van der Waals surface area contributed by atoms with Crippen LogP contribution in [-0.4, -0.2) is 42.3 Å². The van der Waals surface area contributed by atoms with Gasteiger partial charge in [-0.25, -0.2) is 4.79 Å². The number of ether oxygens (including phenoxy) is 1. The molecule has 98 valence electrons. The van der Waals surface area contributed by atoms with Gasteiger partial charge in [-0.3, -0.25) is 4.90 Å². The summed E-state index contributed by atoms with van der Waals surface area (Å²) in [6.07, 6.45) is 0.529. The molecular weight excluding hydrogens is 254 g/mol. The Labute approximate surface area is 111 Å². The number of esters is 1. The van der Waals surface area contributed by atoms with E-state index in [-0.39, 0.29) is 12.1 Å². The monoisotopic (exact) mass is 269 g/mol. The van der Waals surface area contributed by atoms with Crippen molar-refractivity contribution < 1.29 is 14.6 Å². The number of benzene rings is 1. The molecule has 1 aliphatic heterocycles. The van der Waals surface area contributed by atoms with Gasteiger partial charge in [0.1, 0.15) is 0 Å². The molecule has 1 aromatic rings. The molecule has 0 bridgehead atoms. The number of methoxy groups -OCH3 is 1. The number of hydrogen-bond donors (Lipinski definition) is 1. The van der Waals surface area contributed by atoms with Crippen molar-refractivity contribution in [2.24, 2.45) is 0 Å². The average Bonchev–Trinajstić information content (AvgIpc) is 2.76. The maximum atomic E-state index is 11.4. The predicted octanol–water partition coefficient (Wildman–Crippen LogP) is 1.69. The summed E-state index contributed by atoms with van der Waals surface area (Å²) < 4.78 is 4.68. The van der Waals surface area contributed by atoms with Crippen LogP contribution < -0.4 is 0 Å². The quantitative estimate of drug-likeness (QED) is 0.849. The Morgan fingerprint density at radius 3 is 3.00 bits per heavy atom. The molecule has 1 N–H and O–H groups in total. The average molecular weight is 270 g/mol. The summed E-state index contributed by atoms with van der Waals surface area (Å²) in [6, 6.07) is 5.10.